The van der Waals surface area contributed by atoms with Gasteiger partial charge in [0.05, 0.1) is 6.26 Å². The first-order chi connectivity index (χ1) is 9.29. The van der Waals surface area contributed by atoms with Crippen molar-refractivity contribution in [1.29, 1.82) is 0 Å². The summed E-state index contributed by atoms with van der Waals surface area (Å²) in [5.74, 6) is 1.62. The second-order valence-electron chi connectivity index (χ2n) is 5.20. The second-order valence-corrected chi connectivity index (χ2v) is 5.20. The fourth-order valence-electron chi connectivity index (χ4n) is 2.48. The van der Waals surface area contributed by atoms with Crippen LogP contribution in [0.4, 0.5) is 0 Å². The number of nitrogens with one attached hydrogen (secondary N) is 1. The number of likely N-dealkylation sites (tertiary alicyclic amines) is 1. The lowest BCUT2D eigenvalue weighted by atomic mass is 9.89. The molecule has 0 saturated carbocycles. The lowest BCUT2D eigenvalue weighted by molar-refractivity contribution is 0.255. The highest BCUT2D eigenvalue weighted by Gasteiger charge is 2.18. The Hall–Kier alpha value is -1.32. The van der Waals surface area contributed by atoms with Gasteiger partial charge in [0.15, 0.2) is 0 Å². The molecule has 2 rings (SSSR count). The van der Waals surface area contributed by atoms with Crippen LogP contribution in [-0.2, 0) is 0 Å². The molecule has 1 heterocycles. The summed E-state index contributed by atoms with van der Waals surface area (Å²) in [6.07, 6.45) is 6.22. The van der Waals surface area contributed by atoms with Crippen LogP contribution in [0.1, 0.15) is 24.3 Å². The minimum atomic E-state index is 0.682. The normalized spacial score (nSPS) is 18.0. The standard InChI is InChI=1S/C16H24N2O/c1-17-9-4-12-19-16-6-3-5-15(13-16)14-7-10-18(2)11-8-14/h3-6,12-14,17H,7-11H2,1-2H3/b12-4+. The molecule has 1 aliphatic heterocycles. The first kappa shape index (κ1) is 14.1. The van der Waals surface area contributed by atoms with Crippen molar-refractivity contribution in [3.63, 3.8) is 0 Å². The third-order valence-electron chi connectivity index (χ3n) is 3.67. The van der Waals surface area contributed by atoms with Gasteiger partial charge in [0.1, 0.15) is 5.75 Å². The van der Waals surface area contributed by atoms with Gasteiger partial charge in [-0.15, -0.1) is 0 Å². The molecule has 1 aromatic rings. The zero-order valence-corrected chi connectivity index (χ0v) is 11.9. The van der Waals surface area contributed by atoms with E-state index >= 15 is 0 Å². The van der Waals surface area contributed by atoms with Gasteiger partial charge >= 0.3 is 0 Å². The van der Waals surface area contributed by atoms with E-state index in [0.717, 1.165) is 12.3 Å². The van der Waals surface area contributed by atoms with Crippen LogP contribution in [-0.4, -0.2) is 38.6 Å². The van der Waals surface area contributed by atoms with Crippen molar-refractivity contribution in [3.8, 4) is 5.75 Å². The van der Waals surface area contributed by atoms with Gasteiger partial charge in [-0.05, 0) is 69.7 Å². The summed E-state index contributed by atoms with van der Waals surface area (Å²) < 4.78 is 5.63. The fourth-order valence-corrected chi connectivity index (χ4v) is 2.48. The molecule has 3 heteroatoms. The molecule has 3 nitrogen and oxygen atoms in total. The van der Waals surface area contributed by atoms with Crippen LogP contribution in [0.3, 0.4) is 0 Å². The van der Waals surface area contributed by atoms with E-state index in [1.807, 2.05) is 19.2 Å². The highest BCUT2D eigenvalue weighted by molar-refractivity contribution is 5.31. The highest BCUT2D eigenvalue weighted by Crippen LogP contribution is 2.29. The molecule has 104 valence electrons. The average Bonchev–Trinajstić information content (AvgIpc) is 2.45. The molecule has 1 saturated heterocycles. The Bertz CT molecular complexity index is 409. The van der Waals surface area contributed by atoms with Crippen molar-refractivity contribution in [2.24, 2.45) is 0 Å². The lowest BCUT2D eigenvalue weighted by Gasteiger charge is -2.29. The maximum atomic E-state index is 5.63. The predicted molar refractivity (Wildman–Crippen MR) is 79.6 cm³/mol. The fraction of sp³-hybridized carbons (Fsp3) is 0.500. The summed E-state index contributed by atoms with van der Waals surface area (Å²) in [7, 11) is 4.12. The van der Waals surface area contributed by atoms with E-state index in [0.29, 0.717) is 5.92 Å². The first-order valence-electron chi connectivity index (χ1n) is 7.04. The zero-order chi connectivity index (χ0) is 13.5. The molecule has 1 fully saturated rings. The van der Waals surface area contributed by atoms with Crippen molar-refractivity contribution in [2.45, 2.75) is 18.8 Å². The number of hydrogen-bond donors (Lipinski definition) is 1. The number of ether oxygens (including phenoxy) is 1. The Balaban J connectivity index is 1.95. The van der Waals surface area contributed by atoms with Gasteiger partial charge in [0, 0.05) is 6.54 Å². The Kier molecular flexibility index (Phi) is 5.43. The molecule has 1 aliphatic rings. The second kappa shape index (κ2) is 7.31. The number of benzene rings is 1. The summed E-state index contributed by atoms with van der Waals surface area (Å²) in [5, 5.41) is 3.05. The Morgan fingerprint density at radius 3 is 2.89 bits per heavy atom. The molecular formula is C16H24N2O. The van der Waals surface area contributed by atoms with E-state index < -0.39 is 0 Å². The van der Waals surface area contributed by atoms with Crippen LogP contribution < -0.4 is 10.1 Å². The molecule has 0 aliphatic carbocycles. The Labute approximate surface area is 116 Å². The van der Waals surface area contributed by atoms with Crippen LogP contribution >= 0.6 is 0 Å². The van der Waals surface area contributed by atoms with E-state index in [4.69, 9.17) is 4.74 Å². The molecule has 0 atom stereocenters. The summed E-state index contributed by atoms with van der Waals surface area (Å²) >= 11 is 0. The van der Waals surface area contributed by atoms with Crippen molar-refractivity contribution < 1.29 is 4.74 Å². The van der Waals surface area contributed by atoms with Crippen molar-refractivity contribution in [3.05, 3.63) is 42.2 Å². The van der Waals surface area contributed by atoms with Crippen molar-refractivity contribution in [2.75, 3.05) is 33.7 Å². The smallest absolute Gasteiger partial charge is 0.126 e. The van der Waals surface area contributed by atoms with Crippen LogP contribution in [0.25, 0.3) is 0 Å². The topological polar surface area (TPSA) is 24.5 Å². The molecular weight excluding hydrogens is 236 g/mol. The third kappa shape index (κ3) is 4.37. The number of nitrogens with zero attached hydrogens (tertiary/aromatic N) is 1. The van der Waals surface area contributed by atoms with E-state index in [1.54, 1.807) is 6.26 Å². The van der Waals surface area contributed by atoms with Crippen LogP contribution in [0.5, 0.6) is 5.75 Å². The van der Waals surface area contributed by atoms with Gasteiger partial charge in [-0.1, -0.05) is 12.1 Å². The lowest BCUT2D eigenvalue weighted by Crippen LogP contribution is -2.29. The molecule has 19 heavy (non-hydrogen) atoms. The maximum Gasteiger partial charge on any atom is 0.126 e. The van der Waals surface area contributed by atoms with Gasteiger partial charge in [-0.25, -0.2) is 0 Å². The van der Waals surface area contributed by atoms with Gasteiger partial charge in [0.2, 0.25) is 0 Å². The molecule has 0 unspecified atom stereocenters. The summed E-state index contributed by atoms with van der Waals surface area (Å²) in [6.45, 7) is 3.21. The van der Waals surface area contributed by atoms with Gasteiger partial charge < -0.3 is 15.0 Å². The molecule has 1 N–H and O–H groups in total. The highest BCUT2D eigenvalue weighted by atomic mass is 16.5. The quantitative estimate of drug-likeness (QED) is 0.824. The minimum Gasteiger partial charge on any atom is -0.465 e. The van der Waals surface area contributed by atoms with Gasteiger partial charge in [-0.3, -0.25) is 0 Å². The molecule has 0 aromatic heterocycles. The largest absolute Gasteiger partial charge is 0.465 e. The van der Waals surface area contributed by atoms with E-state index in [2.05, 4.69) is 35.5 Å². The molecule has 0 radical (unpaired) electrons. The van der Waals surface area contributed by atoms with E-state index in [1.165, 1.54) is 31.5 Å². The number of rotatable bonds is 5. The number of likely N-dealkylation sites (N-methyl/N-ethyl adjacent to an activating group) is 1. The third-order valence-corrected chi connectivity index (χ3v) is 3.67. The van der Waals surface area contributed by atoms with E-state index in [9.17, 15) is 0 Å². The van der Waals surface area contributed by atoms with Crippen LogP contribution in [0, 0.1) is 0 Å². The van der Waals surface area contributed by atoms with Crippen LogP contribution in [0.2, 0.25) is 0 Å². The number of piperidine rings is 1. The molecule has 0 amide bonds. The van der Waals surface area contributed by atoms with Crippen LogP contribution in [0.15, 0.2) is 36.6 Å². The molecule has 0 spiro atoms. The Morgan fingerprint density at radius 1 is 1.37 bits per heavy atom. The Morgan fingerprint density at radius 2 is 2.16 bits per heavy atom. The summed E-state index contributed by atoms with van der Waals surface area (Å²) in [6, 6.07) is 8.51. The van der Waals surface area contributed by atoms with Crippen molar-refractivity contribution >= 4 is 0 Å². The first-order valence-corrected chi connectivity index (χ1v) is 7.04. The monoisotopic (exact) mass is 260 g/mol. The van der Waals surface area contributed by atoms with Crippen molar-refractivity contribution in [1.82, 2.24) is 10.2 Å². The predicted octanol–water partition coefficient (Wildman–Crippen LogP) is 2.61. The maximum absolute atomic E-state index is 5.63. The summed E-state index contributed by atoms with van der Waals surface area (Å²) in [5.41, 5.74) is 1.41. The van der Waals surface area contributed by atoms with E-state index in [-0.39, 0.29) is 0 Å². The molecule has 0 bridgehead atoms. The summed E-state index contributed by atoms with van der Waals surface area (Å²) in [4.78, 5) is 2.40. The van der Waals surface area contributed by atoms with Gasteiger partial charge in [0.25, 0.3) is 0 Å². The van der Waals surface area contributed by atoms with Gasteiger partial charge in [-0.2, -0.15) is 0 Å². The minimum absolute atomic E-state index is 0.682. The molecule has 1 aromatic carbocycles. The average molecular weight is 260 g/mol. The zero-order valence-electron chi connectivity index (χ0n) is 11.9. The SMILES string of the molecule is CNC/C=C/Oc1cccc(C2CCN(C)CC2)c1. The number of hydrogen-bond acceptors (Lipinski definition) is 3.